The quantitative estimate of drug-likeness (QED) is 0.619. The van der Waals surface area contributed by atoms with Crippen molar-refractivity contribution < 1.29 is 9.90 Å². The molecular formula is C9H18O2. The Bertz CT molecular complexity index is 115. The zero-order valence-electron chi connectivity index (χ0n) is 7.63. The molecule has 0 aliphatic heterocycles. The molecule has 0 aromatic rings. The Balaban J connectivity index is 3.88. The third kappa shape index (κ3) is 4.14. The van der Waals surface area contributed by atoms with Crippen molar-refractivity contribution in [3.05, 3.63) is 0 Å². The van der Waals surface area contributed by atoms with Crippen molar-refractivity contribution in [2.75, 3.05) is 0 Å². The smallest absolute Gasteiger partial charge is 0.151 e. The van der Waals surface area contributed by atoms with Crippen LogP contribution in [0.1, 0.15) is 40.0 Å². The second-order valence-electron chi connectivity index (χ2n) is 3.36. The molecule has 11 heavy (non-hydrogen) atoms. The van der Waals surface area contributed by atoms with Crippen LogP contribution in [0.4, 0.5) is 0 Å². The molecule has 2 nitrogen and oxygen atoms in total. The van der Waals surface area contributed by atoms with E-state index >= 15 is 0 Å². The van der Waals surface area contributed by atoms with Crippen LogP contribution in [0.15, 0.2) is 0 Å². The van der Waals surface area contributed by atoms with E-state index in [1.165, 1.54) is 0 Å². The summed E-state index contributed by atoms with van der Waals surface area (Å²) in [6, 6.07) is 0. The van der Waals surface area contributed by atoms with Crippen LogP contribution >= 0.6 is 0 Å². The second-order valence-corrected chi connectivity index (χ2v) is 3.36. The summed E-state index contributed by atoms with van der Waals surface area (Å²) in [5.41, 5.74) is -1.11. The number of carbonyl (C=O) groups is 1. The Morgan fingerprint density at radius 1 is 1.45 bits per heavy atom. The summed E-state index contributed by atoms with van der Waals surface area (Å²) in [4.78, 5) is 10.3. The topological polar surface area (TPSA) is 37.3 Å². The predicted molar refractivity (Wildman–Crippen MR) is 45.4 cm³/mol. The van der Waals surface area contributed by atoms with E-state index < -0.39 is 5.60 Å². The summed E-state index contributed by atoms with van der Waals surface area (Å²) in [7, 11) is 0. The molecule has 2 heteroatoms. The Labute approximate surface area is 68.6 Å². The first-order valence-corrected chi connectivity index (χ1v) is 4.24. The highest BCUT2D eigenvalue weighted by molar-refractivity contribution is 5.61. The molecule has 0 radical (unpaired) electrons. The van der Waals surface area contributed by atoms with Gasteiger partial charge in [0, 0.05) is 0 Å². The number of rotatable bonds is 5. The minimum atomic E-state index is -1.11. The van der Waals surface area contributed by atoms with Gasteiger partial charge in [0.1, 0.15) is 5.60 Å². The zero-order valence-corrected chi connectivity index (χ0v) is 7.63. The summed E-state index contributed by atoms with van der Waals surface area (Å²) in [6.45, 7) is 5.72. The normalized spacial score (nSPS) is 16.5. The lowest BCUT2D eigenvalue weighted by atomic mass is 9.89. The Morgan fingerprint density at radius 3 is 2.18 bits per heavy atom. The number of carbonyl (C=O) groups excluding carboxylic acids is 1. The molecule has 0 amide bonds. The van der Waals surface area contributed by atoms with Crippen LogP contribution in [-0.2, 0) is 4.79 Å². The predicted octanol–water partition coefficient (Wildman–Crippen LogP) is 1.76. The average molecular weight is 158 g/mol. The van der Waals surface area contributed by atoms with Crippen LogP contribution in [0.5, 0.6) is 0 Å². The van der Waals surface area contributed by atoms with Crippen LogP contribution in [0.25, 0.3) is 0 Å². The van der Waals surface area contributed by atoms with E-state index in [0.717, 1.165) is 12.8 Å². The van der Waals surface area contributed by atoms with E-state index in [-0.39, 0.29) is 0 Å². The van der Waals surface area contributed by atoms with Gasteiger partial charge in [-0.3, -0.25) is 0 Å². The van der Waals surface area contributed by atoms with Gasteiger partial charge in [-0.05, 0) is 19.3 Å². The van der Waals surface area contributed by atoms with E-state index in [1.807, 2.05) is 0 Å². The summed E-state index contributed by atoms with van der Waals surface area (Å²) < 4.78 is 0. The fraction of sp³-hybridized carbons (Fsp3) is 0.889. The molecule has 0 saturated heterocycles. The molecule has 0 rings (SSSR count). The Morgan fingerprint density at radius 2 is 1.91 bits per heavy atom. The second kappa shape index (κ2) is 4.50. The fourth-order valence-corrected chi connectivity index (χ4v) is 1.21. The van der Waals surface area contributed by atoms with Gasteiger partial charge in [-0.15, -0.1) is 0 Å². The molecule has 1 unspecified atom stereocenters. The van der Waals surface area contributed by atoms with Crippen LogP contribution in [0.2, 0.25) is 0 Å². The van der Waals surface area contributed by atoms with Gasteiger partial charge in [0.15, 0.2) is 6.29 Å². The number of aliphatic hydroxyl groups is 1. The third-order valence-corrected chi connectivity index (χ3v) is 2.11. The summed E-state index contributed by atoms with van der Waals surface area (Å²) in [6.07, 6.45) is 3.27. The average Bonchev–Trinajstić information content (AvgIpc) is 2.00. The lowest BCUT2D eigenvalue weighted by Crippen LogP contribution is -2.28. The largest absolute Gasteiger partial charge is 0.383 e. The van der Waals surface area contributed by atoms with Gasteiger partial charge in [0.2, 0.25) is 0 Å². The maximum Gasteiger partial charge on any atom is 0.151 e. The van der Waals surface area contributed by atoms with Crippen LogP contribution in [-0.4, -0.2) is 17.0 Å². The van der Waals surface area contributed by atoms with Gasteiger partial charge < -0.3 is 9.90 Å². The van der Waals surface area contributed by atoms with E-state index in [4.69, 9.17) is 0 Å². The first-order valence-electron chi connectivity index (χ1n) is 4.24. The van der Waals surface area contributed by atoms with Crippen LogP contribution in [0, 0.1) is 5.92 Å². The number of hydrogen-bond acceptors (Lipinski definition) is 2. The molecule has 0 aromatic carbocycles. The van der Waals surface area contributed by atoms with E-state index in [2.05, 4.69) is 13.8 Å². The van der Waals surface area contributed by atoms with Crippen molar-refractivity contribution in [2.45, 2.75) is 45.6 Å². The highest BCUT2D eigenvalue weighted by Crippen LogP contribution is 2.20. The molecule has 0 saturated carbocycles. The van der Waals surface area contributed by atoms with Crippen molar-refractivity contribution in [1.82, 2.24) is 0 Å². The fourth-order valence-electron chi connectivity index (χ4n) is 1.21. The minimum absolute atomic E-state index is 0.468. The van der Waals surface area contributed by atoms with Crippen molar-refractivity contribution >= 4 is 6.29 Å². The minimum Gasteiger partial charge on any atom is -0.383 e. The molecule has 1 atom stereocenters. The SMILES string of the molecule is CCC(CC)CC(C)(O)C=O. The zero-order chi connectivity index (χ0) is 8.91. The van der Waals surface area contributed by atoms with Gasteiger partial charge in [-0.2, -0.15) is 0 Å². The van der Waals surface area contributed by atoms with Gasteiger partial charge >= 0.3 is 0 Å². The summed E-state index contributed by atoms with van der Waals surface area (Å²) >= 11 is 0. The molecule has 0 heterocycles. The first-order chi connectivity index (χ1) is 5.05. The van der Waals surface area contributed by atoms with Crippen molar-refractivity contribution in [2.24, 2.45) is 5.92 Å². The van der Waals surface area contributed by atoms with E-state index in [1.54, 1.807) is 6.92 Å². The molecule has 1 N–H and O–H groups in total. The molecule has 0 spiro atoms. The highest BCUT2D eigenvalue weighted by Gasteiger charge is 2.22. The van der Waals surface area contributed by atoms with E-state index in [0.29, 0.717) is 18.6 Å². The number of hydrogen-bond donors (Lipinski definition) is 1. The lowest BCUT2D eigenvalue weighted by molar-refractivity contribution is -0.124. The van der Waals surface area contributed by atoms with Gasteiger partial charge in [0.05, 0.1) is 0 Å². The molecule has 0 aliphatic rings. The van der Waals surface area contributed by atoms with Crippen molar-refractivity contribution in [1.29, 1.82) is 0 Å². The third-order valence-electron chi connectivity index (χ3n) is 2.11. The first kappa shape index (κ1) is 10.6. The van der Waals surface area contributed by atoms with Gasteiger partial charge in [-0.1, -0.05) is 26.7 Å². The molecule has 66 valence electrons. The van der Waals surface area contributed by atoms with Crippen molar-refractivity contribution in [3.63, 3.8) is 0 Å². The monoisotopic (exact) mass is 158 g/mol. The van der Waals surface area contributed by atoms with Gasteiger partial charge in [-0.25, -0.2) is 0 Å². The van der Waals surface area contributed by atoms with Crippen LogP contribution in [0.3, 0.4) is 0 Å². The highest BCUT2D eigenvalue weighted by atomic mass is 16.3. The van der Waals surface area contributed by atoms with Gasteiger partial charge in [0.25, 0.3) is 0 Å². The summed E-state index contributed by atoms with van der Waals surface area (Å²) in [5.74, 6) is 0.468. The summed E-state index contributed by atoms with van der Waals surface area (Å²) in [5, 5.41) is 9.39. The molecule has 0 aliphatic carbocycles. The molecular weight excluding hydrogens is 140 g/mol. The standard InChI is InChI=1S/C9H18O2/c1-4-8(5-2)6-9(3,11)7-10/h7-8,11H,4-6H2,1-3H3. The number of aldehydes is 1. The van der Waals surface area contributed by atoms with Crippen LogP contribution < -0.4 is 0 Å². The molecule has 0 bridgehead atoms. The Kier molecular flexibility index (Phi) is 4.34. The molecule has 0 fully saturated rings. The van der Waals surface area contributed by atoms with Crippen molar-refractivity contribution in [3.8, 4) is 0 Å². The lowest BCUT2D eigenvalue weighted by Gasteiger charge is -2.21. The molecule has 0 aromatic heterocycles. The van der Waals surface area contributed by atoms with E-state index in [9.17, 15) is 9.90 Å². The maximum absolute atomic E-state index is 10.3. The maximum atomic E-state index is 10.3. The Hall–Kier alpha value is -0.370.